The molecule has 0 aliphatic carbocycles. The molecule has 0 radical (unpaired) electrons. The van der Waals surface area contributed by atoms with Crippen molar-refractivity contribution in [1.29, 1.82) is 0 Å². The molecule has 2 N–H and O–H groups in total. The number of ether oxygens (including phenoxy) is 1. The normalized spacial score (nSPS) is 10.6. The number of hydrogen-bond donors (Lipinski definition) is 2. The predicted octanol–water partition coefficient (Wildman–Crippen LogP) is 2.75. The second kappa shape index (κ2) is 11.4. The minimum atomic E-state index is -0.212. The van der Waals surface area contributed by atoms with Crippen LogP contribution in [0.5, 0.6) is 0 Å². The third kappa shape index (κ3) is 8.30. The minimum Gasteiger partial charge on any atom is -0.378 e. The second-order valence-corrected chi connectivity index (χ2v) is 6.82. The van der Waals surface area contributed by atoms with E-state index in [9.17, 15) is 4.79 Å². The lowest BCUT2D eigenvalue weighted by Crippen LogP contribution is -2.40. The first-order chi connectivity index (χ1) is 13.0. The number of benzene rings is 2. The molecule has 0 aliphatic rings. The molecule has 0 unspecified atom stereocenters. The highest BCUT2D eigenvalue weighted by Crippen LogP contribution is 2.03. The van der Waals surface area contributed by atoms with Crippen molar-refractivity contribution in [2.45, 2.75) is 13.5 Å². The molecule has 27 heavy (non-hydrogen) atoms. The first-order valence-corrected chi connectivity index (χ1v) is 9.41. The number of carbonyl (C=O) groups is 1. The van der Waals surface area contributed by atoms with Gasteiger partial charge in [0.05, 0.1) is 13.2 Å². The van der Waals surface area contributed by atoms with Crippen molar-refractivity contribution in [3.05, 3.63) is 71.3 Å². The molecule has 2 aromatic carbocycles. The van der Waals surface area contributed by atoms with Gasteiger partial charge in [0, 0.05) is 25.2 Å². The smallest absolute Gasteiger partial charge is 0.257 e. The van der Waals surface area contributed by atoms with E-state index in [4.69, 9.17) is 17.0 Å². The maximum absolute atomic E-state index is 12.1. The van der Waals surface area contributed by atoms with Crippen molar-refractivity contribution in [2.24, 2.45) is 0 Å². The van der Waals surface area contributed by atoms with Crippen LogP contribution in [0.3, 0.4) is 0 Å². The third-order valence-electron chi connectivity index (χ3n) is 3.99. The van der Waals surface area contributed by atoms with Gasteiger partial charge in [0.15, 0.2) is 5.11 Å². The average molecular weight is 386 g/mol. The van der Waals surface area contributed by atoms with Gasteiger partial charge >= 0.3 is 0 Å². The summed E-state index contributed by atoms with van der Waals surface area (Å²) in [6.45, 7) is 5.46. The summed E-state index contributed by atoms with van der Waals surface area (Å²) in [5.74, 6) is -0.212. The zero-order chi connectivity index (χ0) is 19.5. The summed E-state index contributed by atoms with van der Waals surface area (Å²) >= 11 is 5.14. The Labute approximate surface area is 166 Å². The Hall–Kier alpha value is -2.28. The molecule has 2 aromatic rings. The van der Waals surface area contributed by atoms with Crippen LogP contribution in [0.4, 0.5) is 0 Å². The maximum Gasteiger partial charge on any atom is 0.257 e. The Balaban J connectivity index is 1.54. The summed E-state index contributed by atoms with van der Waals surface area (Å²) in [4.78, 5) is 14.3. The molecule has 5 nitrogen and oxygen atoms in total. The van der Waals surface area contributed by atoms with Crippen molar-refractivity contribution in [3.63, 3.8) is 0 Å². The van der Waals surface area contributed by atoms with Crippen LogP contribution in [0.2, 0.25) is 0 Å². The van der Waals surface area contributed by atoms with Crippen LogP contribution in [-0.4, -0.2) is 49.3 Å². The molecule has 0 saturated carbocycles. The monoisotopic (exact) mass is 385 g/mol. The fourth-order valence-corrected chi connectivity index (χ4v) is 2.65. The standard InChI is InChI=1S/C21H27N3O2S/c1-17-8-10-19(11-9-17)20(25)23-21(27)22-12-14-26-15-13-24(2)16-18-6-4-3-5-7-18/h3-11H,12-16H2,1-2H3,(H2,22,23,25,27). The van der Waals surface area contributed by atoms with Crippen LogP contribution in [0.15, 0.2) is 54.6 Å². The van der Waals surface area contributed by atoms with Gasteiger partial charge in [0.2, 0.25) is 0 Å². The summed E-state index contributed by atoms with van der Waals surface area (Å²) in [6.07, 6.45) is 0. The number of thiocarbonyl (C=S) groups is 1. The van der Waals surface area contributed by atoms with Crippen molar-refractivity contribution in [3.8, 4) is 0 Å². The zero-order valence-electron chi connectivity index (χ0n) is 15.9. The molecule has 0 aliphatic heterocycles. The molecule has 0 saturated heterocycles. The number of nitrogens with one attached hydrogen (secondary N) is 2. The van der Waals surface area contributed by atoms with Crippen molar-refractivity contribution < 1.29 is 9.53 Å². The molecule has 0 atom stereocenters. The molecule has 144 valence electrons. The molecule has 0 spiro atoms. The van der Waals surface area contributed by atoms with Crippen LogP contribution >= 0.6 is 12.2 Å². The van der Waals surface area contributed by atoms with E-state index in [0.717, 1.165) is 18.7 Å². The van der Waals surface area contributed by atoms with Gasteiger partial charge in [0.25, 0.3) is 5.91 Å². The Kier molecular flexibility index (Phi) is 8.91. The van der Waals surface area contributed by atoms with Gasteiger partial charge < -0.3 is 10.1 Å². The van der Waals surface area contributed by atoms with E-state index in [2.05, 4.69) is 34.7 Å². The molecule has 0 heterocycles. The fraction of sp³-hybridized carbons (Fsp3) is 0.333. The van der Waals surface area contributed by atoms with E-state index in [-0.39, 0.29) is 5.91 Å². The number of hydrogen-bond acceptors (Lipinski definition) is 4. The number of nitrogens with zero attached hydrogens (tertiary/aromatic N) is 1. The molecular weight excluding hydrogens is 358 g/mol. The van der Waals surface area contributed by atoms with Crippen LogP contribution in [0.1, 0.15) is 21.5 Å². The Morgan fingerprint density at radius 3 is 2.48 bits per heavy atom. The van der Waals surface area contributed by atoms with Gasteiger partial charge in [-0.25, -0.2) is 0 Å². The Morgan fingerprint density at radius 1 is 1.07 bits per heavy atom. The number of likely N-dealkylation sites (N-methyl/N-ethyl adjacent to an activating group) is 1. The summed E-state index contributed by atoms with van der Waals surface area (Å²) in [6, 6.07) is 17.7. The molecule has 0 aromatic heterocycles. The van der Waals surface area contributed by atoms with Crippen LogP contribution < -0.4 is 10.6 Å². The van der Waals surface area contributed by atoms with Crippen LogP contribution in [0, 0.1) is 6.92 Å². The number of carbonyl (C=O) groups excluding carboxylic acids is 1. The third-order valence-corrected chi connectivity index (χ3v) is 4.23. The fourth-order valence-electron chi connectivity index (χ4n) is 2.46. The van der Waals surface area contributed by atoms with Gasteiger partial charge in [-0.05, 0) is 43.9 Å². The highest BCUT2D eigenvalue weighted by Gasteiger charge is 2.07. The number of aryl methyl sites for hydroxylation is 1. The van der Waals surface area contributed by atoms with E-state index < -0.39 is 0 Å². The summed E-state index contributed by atoms with van der Waals surface area (Å²) < 4.78 is 5.62. The molecule has 1 amide bonds. The summed E-state index contributed by atoms with van der Waals surface area (Å²) in [5, 5.41) is 5.96. The number of amides is 1. The van der Waals surface area contributed by atoms with Crippen LogP contribution in [0.25, 0.3) is 0 Å². The van der Waals surface area contributed by atoms with Crippen molar-refractivity contribution in [2.75, 3.05) is 33.4 Å². The van der Waals surface area contributed by atoms with E-state index in [1.165, 1.54) is 5.56 Å². The van der Waals surface area contributed by atoms with Crippen molar-refractivity contribution >= 4 is 23.2 Å². The van der Waals surface area contributed by atoms with Gasteiger partial charge in [-0.3, -0.25) is 15.0 Å². The van der Waals surface area contributed by atoms with Crippen LogP contribution in [-0.2, 0) is 11.3 Å². The Morgan fingerprint density at radius 2 is 1.78 bits per heavy atom. The average Bonchev–Trinajstić information content (AvgIpc) is 2.65. The summed E-state index contributed by atoms with van der Waals surface area (Å²) in [5.41, 5.74) is 2.98. The van der Waals surface area contributed by atoms with Gasteiger partial charge in [-0.15, -0.1) is 0 Å². The minimum absolute atomic E-state index is 0.212. The topological polar surface area (TPSA) is 53.6 Å². The second-order valence-electron chi connectivity index (χ2n) is 6.41. The van der Waals surface area contributed by atoms with E-state index in [1.807, 2.05) is 37.3 Å². The summed E-state index contributed by atoms with van der Waals surface area (Å²) in [7, 11) is 2.07. The highest BCUT2D eigenvalue weighted by atomic mass is 32.1. The molecule has 0 bridgehead atoms. The predicted molar refractivity (Wildman–Crippen MR) is 113 cm³/mol. The van der Waals surface area contributed by atoms with Gasteiger partial charge in [-0.1, -0.05) is 48.0 Å². The van der Waals surface area contributed by atoms with Crippen molar-refractivity contribution in [1.82, 2.24) is 15.5 Å². The largest absolute Gasteiger partial charge is 0.378 e. The van der Waals surface area contributed by atoms with Gasteiger partial charge in [0.1, 0.15) is 0 Å². The highest BCUT2D eigenvalue weighted by molar-refractivity contribution is 7.80. The molecule has 2 rings (SSSR count). The lowest BCUT2D eigenvalue weighted by Gasteiger charge is -2.17. The first kappa shape index (κ1) is 21.0. The molecule has 6 heteroatoms. The SMILES string of the molecule is Cc1ccc(C(=O)NC(=S)NCCOCCN(C)Cc2ccccc2)cc1. The molecule has 0 fully saturated rings. The number of rotatable bonds is 9. The Bertz CT molecular complexity index is 720. The zero-order valence-corrected chi connectivity index (χ0v) is 16.7. The molecular formula is C21H27N3O2S. The lowest BCUT2D eigenvalue weighted by atomic mass is 10.1. The van der Waals surface area contributed by atoms with E-state index >= 15 is 0 Å². The quantitative estimate of drug-likeness (QED) is 0.514. The maximum atomic E-state index is 12.1. The first-order valence-electron chi connectivity index (χ1n) is 9.00. The van der Waals surface area contributed by atoms with E-state index in [0.29, 0.717) is 30.4 Å². The van der Waals surface area contributed by atoms with E-state index in [1.54, 1.807) is 12.1 Å². The van der Waals surface area contributed by atoms with Gasteiger partial charge in [-0.2, -0.15) is 0 Å². The lowest BCUT2D eigenvalue weighted by molar-refractivity contribution is 0.0974.